The molecule has 8 nitrogen and oxygen atoms in total. The number of carbonyl (C=O) groups excluding carboxylic acids is 2. The number of sulfonamides is 1. The molecule has 0 bridgehead atoms. The molecule has 162 valence electrons. The molecule has 0 radical (unpaired) electrons. The molecular weight excluding hydrogens is 433 g/mol. The Morgan fingerprint density at radius 2 is 1.93 bits per heavy atom. The van der Waals surface area contributed by atoms with Gasteiger partial charge < -0.3 is 15.0 Å². The van der Waals surface area contributed by atoms with Crippen molar-refractivity contribution in [3.05, 3.63) is 46.6 Å². The molecule has 11 heteroatoms. The van der Waals surface area contributed by atoms with Gasteiger partial charge in [0.15, 0.2) is 0 Å². The molecule has 2 amide bonds. The summed E-state index contributed by atoms with van der Waals surface area (Å²) in [6.07, 6.45) is 0. The molecular formula is C19H22FN3O5S2. The lowest BCUT2D eigenvalue weighted by Crippen LogP contribution is -2.40. The molecule has 1 aromatic heterocycles. The van der Waals surface area contributed by atoms with Crippen LogP contribution in [0, 0.1) is 12.7 Å². The van der Waals surface area contributed by atoms with E-state index in [2.05, 4.69) is 5.32 Å². The Kier molecular flexibility index (Phi) is 6.86. The summed E-state index contributed by atoms with van der Waals surface area (Å²) in [5.74, 6) is -1.32. The summed E-state index contributed by atoms with van der Waals surface area (Å²) in [5.41, 5.74) is 0.677. The Morgan fingerprint density at radius 1 is 1.23 bits per heavy atom. The van der Waals surface area contributed by atoms with Gasteiger partial charge in [-0.2, -0.15) is 4.31 Å². The smallest absolute Gasteiger partial charge is 0.264 e. The number of amides is 2. The Morgan fingerprint density at radius 3 is 2.60 bits per heavy atom. The Labute approximate surface area is 178 Å². The molecule has 0 aliphatic carbocycles. The largest absolute Gasteiger partial charge is 0.378 e. The first kappa shape index (κ1) is 22.3. The number of thiophene rings is 1. The van der Waals surface area contributed by atoms with Gasteiger partial charge in [0, 0.05) is 25.8 Å². The van der Waals surface area contributed by atoms with Gasteiger partial charge in [0.25, 0.3) is 15.9 Å². The van der Waals surface area contributed by atoms with Crippen LogP contribution >= 0.6 is 11.3 Å². The average Bonchev–Trinajstić information content (AvgIpc) is 3.22. The number of morpholine rings is 1. The zero-order valence-corrected chi connectivity index (χ0v) is 18.2. The van der Waals surface area contributed by atoms with Crippen LogP contribution < -0.4 is 5.32 Å². The maximum atomic E-state index is 13.6. The highest BCUT2D eigenvalue weighted by atomic mass is 32.2. The molecule has 1 aliphatic rings. The van der Waals surface area contributed by atoms with Gasteiger partial charge >= 0.3 is 0 Å². The van der Waals surface area contributed by atoms with Crippen LogP contribution in [0.4, 0.5) is 10.1 Å². The van der Waals surface area contributed by atoms with E-state index in [-0.39, 0.29) is 15.8 Å². The van der Waals surface area contributed by atoms with Crippen LogP contribution in [0.15, 0.2) is 34.5 Å². The standard InChI is InChI=1S/C19H22FN3O5S2/c1-13-3-4-14(11-15(13)20)21-17(24)12-22(2)30(26,27)18-6-5-16(29-18)19(25)23-7-9-28-10-8-23/h3-6,11H,7-10,12H2,1-2H3,(H,21,24). The fourth-order valence-corrected chi connectivity index (χ4v) is 5.42. The molecule has 1 N–H and O–H groups in total. The summed E-state index contributed by atoms with van der Waals surface area (Å²) in [6.45, 7) is 2.95. The molecule has 0 unspecified atom stereocenters. The van der Waals surface area contributed by atoms with Crippen molar-refractivity contribution in [2.24, 2.45) is 0 Å². The SMILES string of the molecule is Cc1ccc(NC(=O)CN(C)S(=O)(=O)c2ccc(C(=O)N3CCOCC3)s2)cc1F. The number of aryl methyl sites for hydroxylation is 1. The second-order valence-electron chi connectivity index (χ2n) is 6.80. The van der Waals surface area contributed by atoms with Gasteiger partial charge in [-0.25, -0.2) is 12.8 Å². The number of ether oxygens (including phenoxy) is 1. The lowest BCUT2D eigenvalue weighted by molar-refractivity contribution is -0.116. The quantitative estimate of drug-likeness (QED) is 0.718. The van der Waals surface area contributed by atoms with E-state index < -0.39 is 28.3 Å². The average molecular weight is 456 g/mol. The molecule has 0 spiro atoms. The highest BCUT2D eigenvalue weighted by Gasteiger charge is 2.27. The Balaban J connectivity index is 1.65. The van der Waals surface area contributed by atoms with E-state index in [0.29, 0.717) is 36.7 Å². The first-order valence-corrected chi connectivity index (χ1v) is 11.4. The number of likely N-dealkylation sites (N-methyl/N-ethyl adjacent to an activating group) is 1. The molecule has 0 saturated carbocycles. The summed E-state index contributed by atoms with van der Waals surface area (Å²) in [7, 11) is -2.69. The highest BCUT2D eigenvalue weighted by Crippen LogP contribution is 2.26. The fourth-order valence-electron chi connectivity index (χ4n) is 2.81. The van der Waals surface area contributed by atoms with Crippen molar-refractivity contribution >= 4 is 38.9 Å². The Hall–Kier alpha value is -2.34. The van der Waals surface area contributed by atoms with Crippen molar-refractivity contribution in [3.63, 3.8) is 0 Å². The summed E-state index contributed by atoms with van der Waals surface area (Å²) in [5, 5.41) is 2.48. The number of nitrogens with one attached hydrogen (secondary N) is 1. The van der Waals surface area contributed by atoms with Crippen LogP contribution in [0.25, 0.3) is 0 Å². The number of hydrogen-bond donors (Lipinski definition) is 1. The van der Waals surface area contributed by atoms with Crippen molar-refractivity contribution in [1.29, 1.82) is 0 Å². The summed E-state index contributed by atoms with van der Waals surface area (Å²) in [4.78, 5) is 26.7. The summed E-state index contributed by atoms with van der Waals surface area (Å²) >= 11 is 0.862. The third kappa shape index (κ3) is 5.04. The topological polar surface area (TPSA) is 96.0 Å². The number of nitrogens with zero attached hydrogens (tertiary/aromatic N) is 2. The van der Waals surface area contributed by atoms with Crippen molar-refractivity contribution in [2.45, 2.75) is 11.1 Å². The minimum atomic E-state index is -3.96. The zero-order chi connectivity index (χ0) is 21.9. The van der Waals surface area contributed by atoms with Crippen molar-refractivity contribution in [1.82, 2.24) is 9.21 Å². The Bertz CT molecular complexity index is 1050. The minimum absolute atomic E-state index is 0.0317. The van der Waals surface area contributed by atoms with Crippen LogP contribution in [0.5, 0.6) is 0 Å². The van der Waals surface area contributed by atoms with Crippen molar-refractivity contribution < 1.29 is 27.1 Å². The summed E-state index contributed by atoms with van der Waals surface area (Å²) in [6, 6.07) is 7.05. The number of anilines is 1. The number of hydrogen-bond acceptors (Lipinski definition) is 6. The highest BCUT2D eigenvalue weighted by molar-refractivity contribution is 7.91. The van der Waals surface area contributed by atoms with Gasteiger partial charge in [-0.3, -0.25) is 9.59 Å². The molecule has 1 aromatic carbocycles. The molecule has 1 aliphatic heterocycles. The van der Waals surface area contributed by atoms with Gasteiger partial charge in [-0.05, 0) is 36.8 Å². The van der Waals surface area contributed by atoms with E-state index in [1.54, 1.807) is 11.8 Å². The normalized spacial score (nSPS) is 14.7. The van der Waals surface area contributed by atoms with E-state index in [1.807, 2.05) is 0 Å². The third-order valence-corrected chi connectivity index (χ3v) is 7.92. The van der Waals surface area contributed by atoms with Crippen molar-refractivity contribution in [3.8, 4) is 0 Å². The lowest BCUT2D eigenvalue weighted by atomic mass is 10.2. The molecule has 30 heavy (non-hydrogen) atoms. The minimum Gasteiger partial charge on any atom is -0.378 e. The second-order valence-corrected chi connectivity index (χ2v) is 10.2. The molecule has 2 aromatic rings. The van der Waals surface area contributed by atoms with Gasteiger partial charge in [-0.1, -0.05) is 6.07 Å². The lowest BCUT2D eigenvalue weighted by Gasteiger charge is -2.26. The van der Waals surface area contributed by atoms with Gasteiger partial charge in [0.2, 0.25) is 5.91 Å². The molecule has 2 heterocycles. The van der Waals surface area contributed by atoms with Crippen LogP contribution in [-0.4, -0.2) is 69.3 Å². The first-order chi connectivity index (χ1) is 14.2. The maximum Gasteiger partial charge on any atom is 0.264 e. The van der Waals surface area contributed by atoms with E-state index in [4.69, 9.17) is 4.74 Å². The van der Waals surface area contributed by atoms with E-state index in [9.17, 15) is 22.4 Å². The maximum absolute atomic E-state index is 13.6. The summed E-state index contributed by atoms with van der Waals surface area (Å²) < 4.78 is 45.3. The van der Waals surface area contributed by atoms with Gasteiger partial charge in [0.1, 0.15) is 10.0 Å². The fraction of sp³-hybridized carbons (Fsp3) is 0.368. The first-order valence-electron chi connectivity index (χ1n) is 9.17. The predicted molar refractivity (Wildman–Crippen MR) is 111 cm³/mol. The zero-order valence-electron chi connectivity index (χ0n) is 16.6. The predicted octanol–water partition coefficient (Wildman–Crippen LogP) is 1.93. The second kappa shape index (κ2) is 9.21. The van der Waals surface area contributed by atoms with Gasteiger partial charge in [0.05, 0.1) is 24.6 Å². The number of rotatable bonds is 6. The third-order valence-electron chi connectivity index (χ3n) is 4.58. The molecule has 1 fully saturated rings. The molecule has 3 rings (SSSR count). The van der Waals surface area contributed by atoms with Crippen LogP contribution in [0.3, 0.4) is 0 Å². The number of benzene rings is 1. The van der Waals surface area contributed by atoms with Crippen LogP contribution in [-0.2, 0) is 19.6 Å². The van der Waals surface area contributed by atoms with E-state index in [0.717, 1.165) is 15.6 Å². The van der Waals surface area contributed by atoms with Crippen molar-refractivity contribution in [2.75, 3.05) is 45.2 Å². The number of carbonyl (C=O) groups is 2. The molecule has 1 saturated heterocycles. The van der Waals surface area contributed by atoms with Crippen LogP contribution in [0.2, 0.25) is 0 Å². The van der Waals surface area contributed by atoms with Crippen LogP contribution in [0.1, 0.15) is 15.2 Å². The van der Waals surface area contributed by atoms with Gasteiger partial charge in [-0.15, -0.1) is 11.3 Å². The van der Waals surface area contributed by atoms with E-state index in [1.165, 1.54) is 37.4 Å². The van der Waals surface area contributed by atoms with E-state index >= 15 is 0 Å². The molecule has 0 atom stereocenters. The number of halogens is 1. The monoisotopic (exact) mass is 455 g/mol.